The largest absolute Gasteiger partial charge is 0.493 e. The van der Waals surface area contributed by atoms with Gasteiger partial charge in [-0.15, -0.1) is 0 Å². The number of alkyl halides is 3. The molecule has 1 aromatic carbocycles. The number of halogens is 5. The first-order chi connectivity index (χ1) is 7.77. The Morgan fingerprint density at radius 2 is 1.88 bits per heavy atom. The van der Waals surface area contributed by atoms with Crippen molar-refractivity contribution < 1.29 is 31.5 Å². The van der Waals surface area contributed by atoms with E-state index in [2.05, 4.69) is 4.74 Å². The highest BCUT2D eigenvalue weighted by atomic mass is 19.4. The minimum atomic E-state index is -5.02. The van der Waals surface area contributed by atoms with Crippen LogP contribution < -0.4 is 4.74 Å². The summed E-state index contributed by atoms with van der Waals surface area (Å²) in [6, 6.07) is 1.51. The van der Waals surface area contributed by atoms with Gasteiger partial charge in [0.15, 0.2) is 11.6 Å². The highest BCUT2D eigenvalue weighted by molar-refractivity contribution is 5.86. The van der Waals surface area contributed by atoms with Gasteiger partial charge in [0.2, 0.25) is 11.6 Å². The third-order valence-corrected chi connectivity index (χ3v) is 2.00. The molecule has 0 spiro atoms. The maximum absolute atomic E-state index is 13.1. The van der Waals surface area contributed by atoms with Gasteiger partial charge in [0.05, 0.1) is 7.11 Å². The van der Waals surface area contributed by atoms with Crippen molar-refractivity contribution in [2.75, 3.05) is 7.11 Å². The van der Waals surface area contributed by atoms with Gasteiger partial charge in [-0.3, -0.25) is 4.79 Å². The topological polar surface area (TPSA) is 26.3 Å². The van der Waals surface area contributed by atoms with Crippen LogP contribution in [0.5, 0.6) is 5.75 Å². The molecule has 17 heavy (non-hydrogen) atoms. The summed E-state index contributed by atoms with van der Waals surface area (Å²) in [5.41, 5.74) is -0.353. The Labute approximate surface area is 93.0 Å². The van der Waals surface area contributed by atoms with Crippen molar-refractivity contribution in [1.29, 1.82) is 0 Å². The minimum Gasteiger partial charge on any atom is -0.493 e. The zero-order valence-corrected chi connectivity index (χ0v) is 8.57. The van der Waals surface area contributed by atoms with Crippen LogP contribution in [0.15, 0.2) is 12.1 Å². The number of carbonyl (C=O) groups excluding carboxylic acids is 1. The van der Waals surface area contributed by atoms with Gasteiger partial charge in [-0.2, -0.15) is 17.6 Å². The molecular formula is C10H7F5O2. The van der Waals surface area contributed by atoms with E-state index < -0.39 is 35.8 Å². The summed E-state index contributed by atoms with van der Waals surface area (Å²) in [6.45, 7) is 0. The molecule has 7 heteroatoms. The molecule has 0 amide bonds. The zero-order valence-electron chi connectivity index (χ0n) is 8.57. The molecule has 0 saturated heterocycles. The highest BCUT2D eigenvalue weighted by Crippen LogP contribution is 2.27. The summed E-state index contributed by atoms with van der Waals surface area (Å²) in [6.07, 6.45) is -6.11. The SMILES string of the molecule is COc1c(CC(=O)C(F)(F)F)ccc(F)c1F. The lowest BCUT2D eigenvalue weighted by atomic mass is 10.1. The lowest BCUT2D eigenvalue weighted by Gasteiger charge is -2.10. The molecule has 0 N–H and O–H groups in total. The summed E-state index contributed by atoms with van der Waals surface area (Å²) in [5, 5.41) is 0. The van der Waals surface area contributed by atoms with Gasteiger partial charge in [-0.25, -0.2) is 4.39 Å². The van der Waals surface area contributed by atoms with Gasteiger partial charge in [-0.1, -0.05) is 6.07 Å². The number of rotatable bonds is 3. The Hall–Kier alpha value is -1.66. The molecule has 0 bridgehead atoms. The van der Waals surface area contributed by atoms with Crippen LogP contribution in [0, 0.1) is 11.6 Å². The zero-order chi connectivity index (χ0) is 13.2. The van der Waals surface area contributed by atoms with E-state index in [-0.39, 0.29) is 5.56 Å². The van der Waals surface area contributed by atoms with E-state index in [0.29, 0.717) is 6.07 Å². The van der Waals surface area contributed by atoms with E-state index in [1.54, 1.807) is 0 Å². The van der Waals surface area contributed by atoms with Crippen molar-refractivity contribution in [2.45, 2.75) is 12.6 Å². The fraction of sp³-hybridized carbons (Fsp3) is 0.300. The van der Waals surface area contributed by atoms with Gasteiger partial charge in [0.25, 0.3) is 0 Å². The number of ether oxygens (including phenoxy) is 1. The molecule has 0 heterocycles. The molecule has 0 fully saturated rings. The van der Waals surface area contributed by atoms with Crippen molar-refractivity contribution in [3.63, 3.8) is 0 Å². The highest BCUT2D eigenvalue weighted by Gasteiger charge is 2.38. The van der Waals surface area contributed by atoms with E-state index in [0.717, 1.165) is 13.2 Å². The lowest BCUT2D eigenvalue weighted by molar-refractivity contribution is -0.170. The second-order valence-electron chi connectivity index (χ2n) is 3.15. The Bertz CT molecular complexity index is 439. The summed E-state index contributed by atoms with van der Waals surface area (Å²) >= 11 is 0. The molecule has 0 atom stereocenters. The predicted molar refractivity (Wildman–Crippen MR) is 47.7 cm³/mol. The van der Waals surface area contributed by atoms with Crippen LogP contribution in [0.25, 0.3) is 0 Å². The van der Waals surface area contributed by atoms with E-state index in [9.17, 15) is 26.7 Å². The van der Waals surface area contributed by atoms with Gasteiger partial charge < -0.3 is 4.74 Å². The number of methoxy groups -OCH3 is 1. The summed E-state index contributed by atoms with van der Waals surface area (Å²) in [7, 11) is 0.972. The molecule has 0 saturated carbocycles. The number of ketones is 1. The van der Waals surface area contributed by atoms with E-state index >= 15 is 0 Å². The molecule has 0 aliphatic rings. The smallest absolute Gasteiger partial charge is 0.450 e. The third kappa shape index (κ3) is 2.92. The average Bonchev–Trinajstić information content (AvgIpc) is 2.22. The number of Topliss-reactive ketones (excluding diaryl/α,β-unsaturated/α-hetero) is 1. The quantitative estimate of drug-likeness (QED) is 0.775. The van der Waals surface area contributed by atoms with Crippen molar-refractivity contribution in [2.24, 2.45) is 0 Å². The molecule has 0 aromatic heterocycles. The van der Waals surface area contributed by atoms with Crippen LogP contribution in [-0.4, -0.2) is 19.1 Å². The van der Waals surface area contributed by atoms with Crippen molar-refractivity contribution in [3.05, 3.63) is 29.3 Å². The minimum absolute atomic E-state index is 0.353. The number of benzene rings is 1. The summed E-state index contributed by atoms with van der Waals surface area (Å²) < 4.78 is 66.3. The molecule has 1 aromatic rings. The van der Waals surface area contributed by atoms with Gasteiger partial charge in [0.1, 0.15) is 0 Å². The van der Waals surface area contributed by atoms with E-state index in [4.69, 9.17) is 0 Å². The molecule has 0 aliphatic heterocycles. The van der Waals surface area contributed by atoms with E-state index in [1.807, 2.05) is 0 Å². The summed E-state index contributed by atoms with van der Waals surface area (Å²) in [5.74, 6) is -5.42. The number of hydrogen-bond acceptors (Lipinski definition) is 2. The molecule has 1 rings (SSSR count). The van der Waals surface area contributed by atoms with Crippen LogP contribution in [0.1, 0.15) is 5.56 Å². The first-order valence-electron chi connectivity index (χ1n) is 4.38. The van der Waals surface area contributed by atoms with Crippen LogP contribution in [-0.2, 0) is 11.2 Å². The van der Waals surface area contributed by atoms with Crippen LogP contribution in [0.3, 0.4) is 0 Å². The second-order valence-corrected chi connectivity index (χ2v) is 3.15. The van der Waals surface area contributed by atoms with Crippen molar-refractivity contribution in [1.82, 2.24) is 0 Å². The predicted octanol–water partition coefficient (Wildman–Crippen LogP) is 2.65. The fourth-order valence-electron chi connectivity index (χ4n) is 1.21. The first kappa shape index (κ1) is 13.4. The van der Waals surface area contributed by atoms with E-state index in [1.165, 1.54) is 0 Å². The van der Waals surface area contributed by atoms with Crippen molar-refractivity contribution in [3.8, 4) is 5.75 Å². The molecule has 0 radical (unpaired) electrons. The Morgan fingerprint density at radius 3 is 2.35 bits per heavy atom. The molecule has 2 nitrogen and oxygen atoms in total. The third-order valence-electron chi connectivity index (χ3n) is 2.00. The van der Waals surface area contributed by atoms with Crippen LogP contribution >= 0.6 is 0 Å². The Kier molecular flexibility index (Phi) is 3.69. The van der Waals surface area contributed by atoms with Gasteiger partial charge in [-0.05, 0) is 6.07 Å². The molecule has 0 unspecified atom stereocenters. The van der Waals surface area contributed by atoms with Gasteiger partial charge in [0, 0.05) is 12.0 Å². The molecular weight excluding hydrogens is 247 g/mol. The number of carbonyl (C=O) groups is 1. The lowest BCUT2D eigenvalue weighted by Crippen LogP contribution is -2.24. The first-order valence-corrected chi connectivity index (χ1v) is 4.38. The second kappa shape index (κ2) is 4.68. The maximum atomic E-state index is 13.1. The maximum Gasteiger partial charge on any atom is 0.450 e. The van der Waals surface area contributed by atoms with Crippen molar-refractivity contribution >= 4 is 5.78 Å². The normalized spacial score (nSPS) is 11.4. The summed E-state index contributed by atoms with van der Waals surface area (Å²) in [4.78, 5) is 10.7. The van der Waals surface area contributed by atoms with Gasteiger partial charge >= 0.3 is 6.18 Å². The average molecular weight is 254 g/mol. The van der Waals surface area contributed by atoms with Crippen LogP contribution in [0.4, 0.5) is 22.0 Å². The standard InChI is InChI=1S/C10H7F5O2/c1-17-9-5(2-3-6(11)8(9)12)4-7(16)10(13,14)15/h2-3H,4H2,1H3. The number of hydrogen-bond donors (Lipinski definition) is 0. The molecule has 94 valence electrons. The molecule has 0 aliphatic carbocycles. The Balaban J connectivity index is 3.08. The monoisotopic (exact) mass is 254 g/mol. The Morgan fingerprint density at radius 1 is 1.29 bits per heavy atom. The fourth-order valence-corrected chi connectivity index (χ4v) is 1.21. The van der Waals surface area contributed by atoms with Crippen LogP contribution in [0.2, 0.25) is 0 Å².